The first-order valence-corrected chi connectivity index (χ1v) is 6.11. The monoisotopic (exact) mass is 203 g/mol. The minimum Gasteiger partial charge on any atom is -0.321 e. The molecule has 0 unspecified atom stereocenters. The molecule has 13 heavy (non-hydrogen) atoms. The SMILES string of the molecule is CC1(C)COP(N2CCCC2)OC1. The molecule has 2 rings (SSSR count). The smallest absolute Gasteiger partial charge is 0.258 e. The summed E-state index contributed by atoms with van der Waals surface area (Å²) in [6.45, 7) is 8.37. The highest BCUT2D eigenvalue weighted by Crippen LogP contribution is 2.50. The molecule has 0 saturated carbocycles. The van der Waals surface area contributed by atoms with Gasteiger partial charge in [-0.05, 0) is 12.8 Å². The van der Waals surface area contributed by atoms with Crippen LogP contribution in [0.1, 0.15) is 26.7 Å². The molecule has 2 fully saturated rings. The Kier molecular flexibility index (Phi) is 2.89. The first kappa shape index (κ1) is 9.85. The van der Waals surface area contributed by atoms with Crippen LogP contribution in [-0.2, 0) is 9.05 Å². The van der Waals surface area contributed by atoms with E-state index in [0.29, 0.717) is 0 Å². The third kappa shape index (κ3) is 2.41. The molecule has 2 saturated heterocycles. The molecule has 3 nitrogen and oxygen atoms in total. The summed E-state index contributed by atoms with van der Waals surface area (Å²) in [6.07, 6.45) is 2.60. The van der Waals surface area contributed by atoms with Gasteiger partial charge in [0.05, 0.1) is 13.2 Å². The second kappa shape index (κ2) is 3.82. The molecule has 2 aliphatic heterocycles. The second-order valence-electron chi connectivity index (χ2n) is 4.61. The van der Waals surface area contributed by atoms with Gasteiger partial charge in [-0.25, -0.2) is 4.67 Å². The highest BCUT2D eigenvalue weighted by atomic mass is 31.2. The number of hydrogen-bond acceptors (Lipinski definition) is 3. The van der Waals surface area contributed by atoms with Crippen molar-refractivity contribution in [2.75, 3.05) is 26.3 Å². The van der Waals surface area contributed by atoms with Gasteiger partial charge in [-0.15, -0.1) is 0 Å². The van der Waals surface area contributed by atoms with E-state index in [9.17, 15) is 0 Å². The van der Waals surface area contributed by atoms with Gasteiger partial charge >= 0.3 is 0 Å². The lowest BCUT2D eigenvalue weighted by Crippen LogP contribution is -2.31. The first-order chi connectivity index (χ1) is 6.17. The average molecular weight is 203 g/mol. The molecule has 0 spiro atoms. The topological polar surface area (TPSA) is 21.7 Å². The van der Waals surface area contributed by atoms with Gasteiger partial charge in [0, 0.05) is 18.5 Å². The zero-order valence-corrected chi connectivity index (χ0v) is 9.35. The van der Waals surface area contributed by atoms with Crippen molar-refractivity contribution in [1.29, 1.82) is 0 Å². The Labute approximate surface area is 81.4 Å². The molecule has 4 heteroatoms. The fourth-order valence-electron chi connectivity index (χ4n) is 1.57. The minimum atomic E-state index is -0.698. The molecule has 0 radical (unpaired) electrons. The van der Waals surface area contributed by atoms with Crippen molar-refractivity contribution >= 4 is 8.53 Å². The Morgan fingerprint density at radius 1 is 1.08 bits per heavy atom. The van der Waals surface area contributed by atoms with Crippen LogP contribution >= 0.6 is 8.53 Å². The van der Waals surface area contributed by atoms with Crippen LogP contribution in [0.15, 0.2) is 0 Å². The Bertz CT molecular complexity index is 170. The summed E-state index contributed by atoms with van der Waals surface area (Å²) in [6, 6.07) is 0. The van der Waals surface area contributed by atoms with Crippen molar-refractivity contribution in [2.24, 2.45) is 5.41 Å². The molecule has 0 bridgehead atoms. The van der Waals surface area contributed by atoms with Crippen LogP contribution in [0.25, 0.3) is 0 Å². The van der Waals surface area contributed by atoms with E-state index in [1.807, 2.05) is 0 Å². The maximum absolute atomic E-state index is 5.75. The number of nitrogens with zero attached hydrogens (tertiary/aromatic N) is 1. The molecule has 0 N–H and O–H groups in total. The summed E-state index contributed by atoms with van der Waals surface area (Å²) in [5, 5.41) is 0. The third-order valence-corrected chi connectivity index (χ3v) is 4.01. The summed E-state index contributed by atoms with van der Waals surface area (Å²) in [7, 11) is -0.698. The lowest BCUT2D eigenvalue weighted by Gasteiger charge is -2.36. The van der Waals surface area contributed by atoms with Gasteiger partial charge in [0.2, 0.25) is 0 Å². The van der Waals surface area contributed by atoms with E-state index in [4.69, 9.17) is 9.05 Å². The normalized spacial score (nSPS) is 30.9. The molecule has 76 valence electrons. The average Bonchev–Trinajstić information content (AvgIpc) is 2.56. The van der Waals surface area contributed by atoms with E-state index in [1.165, 1.54) is 12.8 Å². The first-order valence-electron chi connectivity index (χ1n) is 4.98. The van der Waals surface area contributed by atoms with Crippen molar-refractivity contribution in [3.05, 3.63) is 0 Å². The van der Waals surface area contributed by atoms with E-state index < -0.39 is 8.53 Å². The van der Waals surface area contributed by atoms with Crippen molar-refractivity contribution < 1.29 is 9.05 Å². The minimum absolute atomic E-state index is 0.207. The molecule has 2 heterocycles. The van der Waals surface area contributed by atoms with E-state index in [2.05, 4.69) is 18.5 Å². The van der Waals surface area contributed by atoms with Crippen LogP contribution < -0.4 is 0 Å². The van der Waals surface area contributed by atoms with Crippen molar-refractivity contribution in [3.8, 4) is 0 Å². The van der Waals surface area contributed by atoms with Crippen molar-refractivity contribution in [3.63, 3.8) is 0 Å². The molecule has 0 aromatic rings. The molecule has 2 aliphatic rings. The zero-order valence-electron chi connectivity index (χ0n) is 8.45. The van der Waals surface area contributed by atoms with Crippen LogP contribution in [0.3, 0.4) is 0 Å². The predicted molar refractivity (Wildman–Crippen MR) is 53.4 cm³/mol. The molecule has 0 aromatic carbocycles. The van der Waals surface area contributed by atoms with Gasteiger partial charge in [0.25, 0.3) is 8.53 Å². The molecule has 0 amide bonds. The van der Waals surface area contributed by atoms with Crippen molar-refractivity contribution in [1.82, 2.24) is 4.67 Å². The van der Waals surface area contributed by atoms with Gasteiger partial charge in [0.1, 0.15) is 0 Å². The Balaban J connectivity index is 1.83. The Morgan fingerprint density at radius 3 is 2.15 bits per heavy atom. The molecule has 0 atom stereocenters. The molecular formula is C9H18NO2P. The summed E-state index contributed by atoms with van der Waals surface area (Å²) in [4.78, 5) is 0. The van der Waals surface area contributed by atoms with Crippen molar-refractivity contribution in [2.45, 2.75) is 26.7 Å². The van der Waals surface area contributed by atoms with Crippen LogP contribution in [0, 0.1) is 5.41 Å². The molecule has 0 aromatic heterocycles. The zero-order chi connectivity index (χ0) is 9.31. The lowest BCUT2D eigenvalue weighted by molar-refractivity contribution is 0.0470. The van der Waals surface area contributed by atoms with Gasteiger partial charge in [-0.1, -0.05) is 13.8 Å². The third-order valence-electron chi connectivity index (χ3n) is 2.44. The fourth-order valence-corrected chi connectivity index (χ4v) is 3.50. The van der Waals surface area contributed by atoms with E-state index in [-0.39, 0.29) is 5.41 Å². The summed E-state index contributed by atoms with van der Waals surface area (Å²) in [5.41, 5.74) is 0.207. The van der Waals surface area contributed by atoms with Gasteiger partial charge in [0.15, 0.2) is 0 Å². The number of rotatable bonds is 1. The molecular weight excluding hydrogens is 185 g/mol. The number of hydrogen-bond donors (Lipinski definition) is 0. The summed E-state index contributed by atoms with van der Waals surface area (Å²) in [5.74, 6) is 0. The van der Waals surface area contributed by atoms with E-state index in [0.717, 1.165) is 26.3 Å². The van der Waals surface area contributed by atoms with E-state index in [1.54, 1.807) is 0 Å². The van der Waals surface area contributed by atoms with Crippen LogP contribution in [0.2, 0.25) is 0 Å². The highest BCUT2D eigenvalue weighted by molar-refractivity contribution is 7.44. The highest BCUT2D eigenvalue weighted by Gasteiger charge is 2.33. The van der Waals surface area contributed by atoms with Crippen LogP contribution in [0.5, 0.6) is 0 Å². The second-order valence-corrected chi connectivity index (χ2v) is 6.17. The van der Waals surface area contributed by atoms with Crippen LogP contribution in [0.4, 0.5) is 0 Å². The maximum atomic E-state index is 5.75. The van der Waals surface area contributed by atoms with Gasteiger partial charge in [-0.3, -0.25) is 0 Å². The standard InChI is InChI=1S/C9H18NO2P/c1-9(2)7-11-13(12-8-9)10-5-3-4-6-10/h3-8H2,1-2H3. The maximum Gasteiger partial charge on any atom is 0.258 e. The summed E-state index contributed by atoms with van der Waals surface area (Å²) < 4.78 is 13.8. The van der Waals surface area contributed by atoms with Crippen LogP contribution in [-0.4, -0.2) is 31.0 Å². The van der Waals surface area contributed by atoms with E-state index >= 15 is 0 Å². The quantitative estimate of drug-likeness (QED) is 0.611. The lowest BCUT2D eigenvalue weighted by atomic mass is 9.97. The Hall–Kier alpha value is 0.310. The molecule has 0 aliphatic carbocycles. The Morgan fingerprint density at radius 2 is 1.62 bits per heavy atom. The summed E-state index contributed by atoms with van der Waals surface area (Å²) >= 11 is 0. The fraction of sp³-hybridized carbons (Fsp3) is 1.00. The largest absolute Gasteiger partial charge is 0.321 e. The van der Waals surface area contributed by atoms with Gasteiger partial charge in [-0.2, -0.15) is 0 Å². The van der Waals surface area contributed by atoms with Gasteiger partial charge < -0.3 is 9.05 Å². The predicted octanol–water partition coefficient (Wildman–Crippen LogP) is 2.38.